The van der Waals surface area contributed by atoms with Crippen LogP contribution in [0.25, 0.3) is 10.9 Å². The molecule has 1 aliphatic rings. The van der Waals surface area contributed by atoms with E-state index in [-0.39, 0.29) is 41.0 Å². The third-order valence-corrected chi connectivity index (χ3v) is 7.26. The Morgan fingerprint density at radius 2 is 2.03 bits per heavy atom. The van der Waals surface area contributed by atoms with Crippen LogP contribution >= 0.6 is 0 Å². The lowest BCUT2D eigenvalue weighted by Crippen LogP contribution is -2.47. The summed E-state index contributed by atoms with van der Waals surface area (Å²) in [6, 6.07) is 7.21. The van der Waals surface area contributed by atoms with Gasteiger partial charge in [-0.3, -0.25) is 9.48 Å². The molecule has 1 aromatic carbocycles. The lowest BCUT2D eigenvalue weighted by atomic mass is 9.67. The minimum atomic E-state index is -2.75. The van der Waals surface area contributed by atoms with Gasteiger partial charge in [0.25, 0.3) is 5.91 Å². The van der Waals surface area contributed by atoms with Crippen molar-refractivity contribution in [2.75, 3.05) is 18.6 Å². The summed E-state index contributed by atoms with van der Waals surface area (Å²) in [6.45, 7) is 1.73. The molecule has 7 nitrogen and oxygen atoms in total. The molecule has 3 aromatic rings. The molecule has 170 valence electrons. The number of aromatic nitrogens is 3. The third kappa shape index (κ3) is 4.08. The van der Waals surface area contributed by atoms with E-state index in [4.69, 9.17) is 0 Å². The average molecular weight is 466 g/mol. The first kappa shape index (κ1) is 22.3. The van der Waals surface area contributed by atoms with Gasteiger partial charge in [-0.25, -0.2) is 26.7 Å². The number of amides is 1. The highest BCUT2D eigenvalue weighted by Gasteiger charge is 2.54. The van der Waals surface area contributed by atoms with Gasteiger partial charge in [0.05, 0.1) is 9.73 Å². The summed E-state index contributed by atoms with van der Waals surface area (Å²) < 4.78 is 59.0. The lowest BCUT2D eigenvalue weighted by molar-refractivity contribution is -0.159. The summed E-state index contributed by atoms with van der Waals surface area (Å²) in [7, 11) is -1.30. The zero-order chi connectivity index (χ0) is 23.3. The Labute approximate surface area is 183 Å². The maximum absolute atomic E-state index is 14.4. The van der Waals surface area contributed by atoms with Crippen molar-refractivity contribution in [3.8, 4) is 0 Å². The summed E-state index contributed by atoms with van der Waals surface area (Å²) in [5, 5.41) is 7.39. The van der Waals surface area contributed by atoms with Crippen molar-refractivity contribution in [1.82, 2.24) is 14.8 Å². The van der Waals surface area contributed by atoms with Gasteiger partial charge >= 0.3 is 0 Å². The number of carbonyl (C=O) groups excluding carboxylic acids is 1. The first-order valence-electron chi connectivity index (χ1n) is 9.84. The fraction of sp³-hybridized carbons (Fsp3) is 0.381. The predicted molar refractivity (Wildman–Crippen MR) is 115 cm³/mol. The first-order valence-corrected chi connectivity index (χ1v) is 11.8. The van der Waals surface area contributed by atoms with Gasteiger partial charge in [0.2, 0.25) is 5.92 Å². The molecule has 1 atom stereocenters. The molecule has 0 aliphatic heterocycles. The van der Waals surface area contributed by atoms with Crippen molar-refractivity contribution in [2.24, 2.45) is 9.78 Å². The van der Waals surface area contributed by atoms with E-state index >= 15 is 0 Å². The highest BCUT2D eigenvalue weighted by Crippen LogP contribution is 2.52. The second-order valence-electron chi connectivity index (χ2n) is 8.48. The Bertz CT molecular complexity index is 1340. The second kappa shape index (κ2) is 7.58. The highest BCUT2D eigenvalue weighted by molar-refractivity contribution is 7.92. The molecule has 0 radical (unpaired) electrons. The summed E-state index contributed by atoms with van der Waals surface area (Å²) >= 11 is 0. The van der Waals surface area contributed by atoms with Gasteiger partial charge in [0.15, 0.2) is 5.82 Å². The number of rotatable bonds is 5. The Kier molecular flexibility index (Phi) is 5.27. The normalized spacial score (nSPS) is 18.6. The molecule has 1 N–H and O–H groups in total. The van der Waals surface area contributed by atoms with Crippen LogP contribution in [-0.2, 0) is 16.3 Å². The molecule has 0 saturated heterocycles. The van der Waals surface area contributed by atoms with E-state index in [9.17, 15) is 22.2 Å². The number of pyridine rings is 1. The zero-order valence-electron chi connectivity index (χ0n) is 17.7. The standard InChI is InChI=1S/C21H22F3N5O2S/c1-20(10-21(23,24)11-20)12-29-18(14-5-4-6-15(22)17(14)28-29)19(30)27-13-7-8-26-16(9-13)32(3,31)25-2/h4-9H,10-12H2,1-3H3,(H,26,27,30). The van der Waals surface area contributed by atoms with Crippen LogP contribution in [0.3, 0.4) is 0 Å². The number of nitrogens with zero attached hydrogens (tertiary/aromatic N) is 4. The van der Waals surface area contributed by atoms with Crippen LogP contribution < -0.4 is 5.32 Å². The van der Waals surface area contributed by atoms with Crippen LogP contribution in [0.1, 0.15) is 30.3 Å². The molecule has 2 heterocycles. The van der Waals surface area contributed by atoms with Gasteiger partial charge in [0, 0.05) is 50.0 Å². The van der Waals surface area contributed by atoms with E-state index in [1.807, 2.05) is 0 Å². The minimum absolute atomic E-state index is 0.0101. The molecular weight excluding hydrogens is 443 g/mol. The first-order chi connectivity index (χ1) is 14.9. The van der Waals surface area contributed by atoms with E-state index in [2.05, 4.69) is 19.8 Å². The number of benzene rings is 1. The van der Waals surface area contributed by atoms with Crippen LogP contribution in [0.2, 0.25) is 0 Å². The Hall–Kier alpha value is -2.95. The predicted octanol–water partition coefficient (Wildman–Crippen LogP) is 4.34. The molecule has 0 spiro atoms. The topological polar surface area (TPSA) is 89.2 Å². The van der Waals surface area contributed by atoms with Gasteiger partial charge < -0.3 is 5.32 Å². The Morgan fingerprint density at radius 1 is 1.31 bits per heavy atom. The summed E-state index contributed by atoms with van der Waals surface area (Å²) in [6.07, 6.45) is 2.16. The van der Waals surface area contributed by atoms with E-state index in [1.54, 1.807) is 13.0 Å². The summed E-state index contributed by atoms with van der Waals surface area (Å²) in [5.74, 6) is -3.96. The van der Waals surface area contributed by atoms with Gasteiger partial charge in [0.1, 0.15) is 16.2 Å². The van der Waals surface area contributed by atoms with Crippen LogP contribution in [0.4, 0.5) is 18.9 Å². The fourth-order valence-electron chi connectivity index (χ4n) is 4.12. The smallest absolute Gasteiger partial charge is 0.274 e. The van der Waals surface area contributed by atoms with Crippen LogP contribution in [0, 0.1) is 11.2 Å². The third-order valence-electron chi connectivity index (χ3n) is 5.57. The van der Waals surface area contributed by atoms with E-state index < -0.39 is 32.8 Å². The van der Waals surface area contributed by atoms with E-state index in [0.717, 1.165) is 0 Å². The summed E-state index contributed by atoms with van der Waals surface area (Å²) in [4.78, 5) is 17.3. The maximum atomic E-state index is 14.4. The van der Waals surface area contributed by atoms with Crippen molar-refractivity contribution in [2.45, 2.75) is 37.3 Å². The number of hydrogen-bond acceptors (Lipinski definition) is 5. The Balaban J connectivity index is 1.72. The average Bonchev–Trinajstić information content (AvgIpc) is 3.05. The SMILES string of the molecule is CN=S(C)(=O)c1cc(NC(=O)c2c3cccc(F)c3nn2CC2(C)CC(F)(F)C2)ccn1. The van der Waals surface area contributed by atoms with E-state index in [1.165, 1.54) is 48.4 Å². The number of fused-ring (bicyclic) bond motifs is 1. The molecule has 2 aromatic heterocycles. The van der Waals surface area contributed by atoms with Crippen LogP contribution in [-0.4, -0.2) is 44.1 Å². The molecule has 1 aliphatic carbocycles. The maximum Gasteiger partial charge on any atom is 0.274 e. The molecule has 1 amide bonds. The van der Waals surface area contributed by atoms with Crippen molar-refractivity contribution < 1.29 is 22.2 Å². The summed E-state index contributed by atoms with van der Waals surface area (Å²) in [5.41, 5.74) is -0.398. The van der Waals surface area contributed by atoms with Crippen molar-refractivity contribution >= 4 is 32.2 Å². The largest absolute Gasteiger partial charge is 0.320 e. The number of halogens is 3. The van der Waals surface area contributed by atoms with Gasteiger partial charge in [-0.15, -0.1) is 0 Å². The molecule has 1 unspecified atom stereocenters. The molecule has 11 heteroatoms. The zero-order valence-corrected chi connectivity index (χ0v) is 18.5. The molecule has 4 rings (SSSR count). The van der Waals surface area contributed by atoms with Crippen LogP contribution in [0.5, 0.6) is 0 Å². The molecular formula is C21H22F3N5O2S. The quantitative estimate of drug-likeness (QED) is 0.607. The molecule has 1 fully saturated rings. The van der Waals surface area contributed by atoms with Crippen LogP contribution in [0.15, 0.2) is 45.9 Å². The minimum Gasteiger partial charge on any atom is -0.320 e. The molecule has 1 saturated carbocycles. The molecule has 32 heavy (non-hydrogen) atoms. The van der Waals surface area contributed by atoms with Crippen molar-refractivity contribution in [3.63, 3.8) is 0 Å². The number of hydrogen-bond donors (Lipinski definition) is 1. The van der Waals surface area contributed by atoms with Crippen molar-refractivity contribution in [3.05, 3.63) is 48.0 Å². The van der Waals surface area contributed by atoms with Crippen molar-refractivity contribution in [1.29, 1.82) is 0 Å². The fourth-order valence-corrected chi connectivity index (χ4v) is 4.91. The van der Waals surface area contributed by atoms with Gasteiger partial charge in [-0.05, 0) is 23.6 Å². The number of nitrogens with one attached hydrogen (secondary N) is 1. The Morgan fingerprint density at radius 3 is 2.69 bits per heavy atom. The number of anilines is 1. The van der Waals surface area contributed by atoms with Gasteiger partial charge in [-0.2, -0.15) is 5.10 Å². The molecule has 0 bridgehead atoms. The van der Waals surface area contributed by atoms with Gasteiger partial charge in [-0.1, -0.05) is 19.1 Å². The number of alkyl halides is 2. The van der Waals surface area contributed by atoms with E-state index in [0.29, 0.717) is 5.69 Å². The second-order valence-corrected chi connectivity index (χ2v) is 10.9. The monoisotopic (exact) mass is 465 g/mol. The number of carbonyl (C=O) groups is 1. The lowest BCUT2D eigenvalue weighted by Gasteiger charge is -2.44. The highest BCUT2D eigenvalue weighted by atomic mass is 32.2.